The molecule has 0 saturated carbocycles. The highest BCUT2D eigenvalue weighted by molar-refractivity contribution is 5.32. The first kappa shape index (κ1) is 14.0. The van der Waals surface area contributed by atoms with Gasteiger partial charge in [0.05, 0.1) is 6.54 Å². The van der Waals surface area contributed by atoms with Crippen LogP contribution in [0.4, 0.5) is 11.9 Å². The summed E-state index contributed by atoms with van der Waals surface area (Å²) in [6.45, 7) is 7.56. The summed E-state index contributed by atoms with van der Waals surface area (Å²) in [4.78, 5) is 17.1. The molecule has 0 radical (unpaired) electrons. The van der Waals surface area contributed by atoms with Gasteiger partial charge in [-0.1, -0.05) is 13.8 Å². The molecule has 0 aliphatic carbocycles. The van der Waals surface area contributed by atoms with E-state index in [1.807, 2.05) is 19.0 Å². The average Bonchev–Trinajstić information content (AvgIpc) is 2.26. The minimum Gasteiger partial charge on any atom is -0.368 e. The van der Waals surface area contributed by atoms with Crippen molar-refractivity contribution in [1.82, 2.24) is 19.9 Å². The van der Waals surface area contributed by atoms with Crippen LogP contribution >= 0.6 is 0 Å². The number of hydrogen-bond donors (Lipinski definition) is 1. The molecule has 2 atom stereocenters. The minimum absolute atomic E-state index is 0.298. The van der Waals surface area contributed by atoms with Gasteiger partial charge in [-0.2, -0.15) is 15.0 Å². The van der Waals surface area contributed by atoms with E-state index in [2.05, 4.69) is 33.7 Å². The zero-order valence-corrected chi connectivity index (χ0v) is 12.3. The first-order chi connectivity index (χ1) is 8.94. The van der Waals surface area contributed by atoms with Gasteiger partial charge >= 0.3 is 0 Å². The average molecular weight is 264 g/mol. The zero-order valence-electron chi connectivity index (χ0n) is 12.3. The van der Waals surface area contributed by atoms with Crippen molar-refractivity contribution in [3.05, 3.63) is 5.82 Å². The second kappa shape index (κ2) is 5.69. The van der Waals surface area contributed by atoms with Crippen molar-refractivity contribution in [2.45, 2.75) is 26.8 Å². The number of nitrogens with zero attached hydrogens (tertiary/aromatic N) is 5. The number of aromatic nitrogens is 3. The largest absolute Gasteiger partial charge is 0.368 e. The predicted molar refractivity (Wildman–Crippen MR) is 76.8 cm³/mol. The van der Waals surface area contributed by atoms with E-state index in [1.54, 1.807) is 0 Å². The van der Waals surface area contributed by atoms with Crippen molar-refractivity contribution in [3.8, 4) is 0 Å². The van der Waals surface area contributed by atoms with Crippen LogP contribution in [0.25, 0.3) is 0 Å². The summed E-state index contributed by atoms with van der Waals surface area (Å²) in [5, 5.41) is 0. The molecule has 2 heterocycles. The second-order valence-corrected chi connectivity index (χ2v) is 5.94. The smallest absolute Gasteiger partial charge is 0.229 e. The monoisotopic (exact) mass is 264 g/mol. The first-order valence-corrected chi connectivity index (χ1v) is 6.84. The van der Waals surface area contributed by atoms with Crippen molar-refractivity contribution < 1.29 is 0 Å². The van der Waals surface area contributed by atoms with Gasteiger partial charge in [0.25, 0.3) is 0 Å². The van der Waals surface area contributed by atoms with Crippen molar-refractivity contribution in [2.75, 3.05) is 37.8 Å². The van der Waals surface area contributed by atoms with Gasteiger partial charge < -0.3 is 10.6 Å². The highest BCUT2D eigenvalue weighted by Gasteiger charge is 2.22. The number of hydrogen-bond acceptors (Lipinski definition) is 6. The Balaban J connectivity index is 2.10. The molecule has 1 saturated heterocycles. The van der Waals surface area contributed by atoms with Crippen molar-refractivity contribution in [1.29, 1.82) is 0 Å². The molecule has 0 amide bonds. The lowest BCUT2D eigenvalue weighted by atomic mass is 9.92. The Morgan fingerprint density at radius 2 is 1.79 bits per heavy atom. The van der Waals surface area contributed by atoms with Crippen LogP contribution in [-0.2, 0) is 6.54 Å². The molecule has 0 aromatic carbocycles. The fourth-order valence-corrected chi connectivity index (χ4v) is 2.82. The van der Waals surface area contributed by atoms with E-state index < -0.39 is 0 Å². The lowest BCUT2D eigenvalue weighted by Crippen LogP contribution is -2.38. The Morgan fingerprint density at radius 3 is 2.37 bits per heavy atom. The van der Waals surface area contributed by atoms with Gasteiger partial charge in [-0.3, -0.25) is 4.90 Å². The van der Waals surface area contributed by atoms with E-state index in [-0.39, 0.29) is 0 Å². The van der Waals surface area contributed by atoms with Crippen LogP contribution in [0, 0.1) is 11.8 Å². The minimum atomic E-state index is 0.298. The third kappa shape index (κ3) is 3.76. The van der Waals surface area contributed by atoms with Crippen LogP contribution in [0.1, 0.15) is 26.1 Å². The van der Waals surface area contributed by atoms with Gasteiger partial charge in [0.2, 0.25) is 11.9 Å². The molecule has 0 spiro atoms. The molecule has 1 aromatic heterocycles. The molecule has 1 aliphatic rings. The molecule has 6 nitrogen and oxygen atoms in total. The van der Waals surface area contributed by atoms with Crippen molar-refractivity contribution in [3.63, 3.8) is 0 Å². The quantitative estimate of drug-likeness (QED) is 0.878. The molecule has 1 aromatic rings. The molecule has 1 aliphatic heterocycles. The first-order valence-electron chi connectivity index (χ1n) is 6.84. The van der Waals surface area contributed by atoms with Crippen LogP contribution in [0.5, 0.6) is 0 Å². The number of piperidine rings is 1. The fourth-order valence-electron chi connectivity index (χ4n) is 2.82. The Morgan fingerprint density at radius 1 is 1.16 bits per heavy atom. The standard InChI is InChI=1S/C13H24N6/c1-9-5-10(2)7-19(6-9)8-11-15-12(14)17-13(16-11)18(3)4/h9-10H,5-8H2,1-4H3,(H2,14,15,16,17). The summed E-state index contributed by atoms with van der Waals surface area (Å²) in [6, 6.07) is 0. The van der Waals surface area contributed by atoms with E-state index in [0.717, 1.165) is 37.3 Å². The van der Waals surface area contributed by atoms with E-state index >= 15 is 0 Å². The number of nitrogen functional groups attached to an aromatic ring is 1. The maximum atomic E-state index is 5.75. The molecule has 19 heavy (non-hydrogen) atoms. The summed E-state index contributed by atoms with van der Waals surface area (Å²) in [6.07, 6.45) is 1.30. The normalized spacial score (nSPS) is 24.4. The second-order valence-electron chi connectivity index (χ2n) is 5.94. The van der Waals surface area contributed by atoms with Crippen LogP contribution in [0.2, 0.25) is 0 Å². The van der Waals surface area contributed by atoms with Crippen molar-refractivity contribution in [2.24, 2.45) is 11.8 Å². The summed E-state index contributed by atoms with van der Waals surface area (Å²) in [7, 11) is 3.81. The van der Waals surface area contributed by atoms with Gasteiger partial charge in [0.15, 0.2) is 0 Å². The topological polar surface area (TPSA) is 71.2 Å². The summed E-state index contributed by atoms with van der Waals surface area (Å²) < 4.78 is 0. The van der Waals surface area contributed by atoms with E-state index in [4.69, 9.17) is 5.73 Å². The summed E-state index contributed by atoms with van der Waals surface area (Å²) in [5.41, 5.74) is 5.75. The fraction of sp³-hybridized carbons (Fsp3) is 0.769. The van der Waals surface area contributed by atoms with E-state index in [0.29, 0.717) is 11.9 Å². The van der Waals surface area contributed by atoms with Gasteiger partial charge in [-0.05, 0) is 18.3 Å². The molecule has 1 fully saturated rings. The van der Waals surface area contributed by atoms with E-state index in [9.17, 15) is 0 Å². The molecular formula is C13H24N6. The molecule has 2 rings (SSSR count). The van der Waals surface area contributed by atoms with Crippen molar-refractivity contribution >= 4 is 11.9 Å². The summed E-state index contributed by atoms with van der Waals surface area (Å²) in [5.74, 6) is 3.15. The Hall–Kier alpha value is -1.43. The Bertz CT molecular complexity index is 423. The van der Waals surface area contributed by atoms with Gasteiger partial charge in [0.1, 0.15) is 5.82 Å². The lowest BCUT2D eigenvalue weighted by molar-refractivity contribution is 0.131. The highest BCUT2D eigenvalue weighted by Crippen LogP contribution is 2.22. The van der Waals surface area contributed by atoms with Crippen LogP contribution in [0.15, 0.2) is 0 Å². The Kier molecular flexibility index (Phi) is 4.19. The van der Waals surface area contributed by atoms with E-state index in [1.165, 1.54) is 6.42 Å². The highest BCUT2D eigenvalue weighted by atomic mass is 15.3. The number of rotatable bonds is 3. The SMILES string of the molecule is CC1CC(C)CN(Cc2nc(N)nc(N(C)C)n2)C1. The maximum Gasteiger partial charge on any atom is 0.229 e. The molecule has 2 unspecified atom stereocenters. The third-order valence-electron chi connectivity index (χ3n) is 3.40. The van der Waals surface area contributed by atoms with Gasteiger partial charge in [0, 0.05) is 27.2 Å². The number of likely N-dealkylation sites (tertiary alicyclic amines) is 1. The number of anilines is 2. The van der Waals surface area contributed by atoms with Crippen LogP contribution in [0.3, 0.4) is 0 Å². The molecule has 6 heteroatoms. The zero-order chi connectivity index (χ0) is 14.0. The number of nitrogens with two attached hydrogens (primary N) is 1. The lowest BCUT2D eigenvalue weighted by Gasteiger charge is -2.34. The maximum absolute atomic E-state index is 5.75. The Labute approximate surface area is 115 Å². The third-order valence-corrected chi connectivity index (χ3v) is 3.40. The molecule has 106 valence electrons. The molecule has 2 N–H and O–H groups in total. The van der Waals surface area contributed by atoms with Crippen LogP contribution < -0.4 is 10.6 Å². The molecule has 0 bridgehead atoms. The van der Waals surface area contributed by atoms with Crippen LogP contribution in [-0.4, -0.2) is 47.0 Å². The van der Waals surface area contributed by atoms with Gasteiger partial charge in [-0.15, -0.1) is 0 Å². The van der Waals surface area contributed by atoms with Gasteiger partial charge in [-0.25, -0.2) is 0 Å². The molecular weight excluding hydrogens is 240 g/mol. The summed E-state index contributed by atoms with van der Waals surface area (Å²) >= 11 is 0. The predicted octanol–water partition coefficient (Wildman–Crippen LogP) is 0.998.